The minimum Gasteiger partial charge on any atom is -0.422 e. The molecule has 4 atom stereocenters. The van der Waals surface area contributed by atoms with Crippen molar-refractivity contribution in [1.82, 2.24) is 0 Å². The third-order valence-electron chi connectivity index (χ3n) is 4.20. The molecule has 20 heavy (non-hydrogen) atoms. The number of esters is 2. The van der Waals surface area contributed by atoms with Gasteiger partial charge in [0, 0.05) is 6.42 Å². The second kappa shape index (κ2) is 3.67. The maximum absolute atomic E-state index is 13.2. The highest BCUT2D eigenvalue weighted by molar-refractivity contribution is 7.87. The van der Waals surface area contributed by atoms with E-state index in [0.717, 1.165) is 0 Å². The van der Waals surface area contributed by atoms with Gasteiger partial charge < -0.3 is 9.47 Å². The highest BCUT2D eigenvalue weighted by Crippen LogP contribution is 2.61. The highest BCUT2D eigenvalue weighted by atomic mass is 32.2. The summed E-state index contributed by atoms with van der Waals surface area (Å²) in [4.78, 5) is 22.9. The summed E-state index contributed by atoms with van der Waals surface area (Å²) in [6.45, 7) is 0. The quantitative estimate of drug-likeness (QED) is 0.590. The fourth-order valence-electron chi connectivity index (χ4n) is 3.43. The van der Waals surface area contributed by atoms with Crippen LogP contribution in [0.3, 0.4) is 0 Å². The minimum absolute atomic E-state index is 0.0172. The molecule has 0 aromatic rings. The van der Waals surface area contributed by atoms with Crippen molar-refractivity contribution in [3.8, 4) is 0 Å². The molecule has 4 unspecified atom stereocenters. The first-order chi connectivity index (χ1) is 9.07. The molecule has 1 N–H and O–H groups in total. The Morgan fingerprint density at radius 2 is 2.10 bits per heavy atom. The molecule has 2 aliphatic carbocycles. The number of ether oxygens (including phenoxy) is 2. The van der Waals surface area contributed by atoms with Crippen molar-refractivity contribution in [2.75, 3.05) is 0 Å². The van der Waals surface area contributed by atoms with Crippen LogP contribution in [0.2, 0.25) is 0 Å². The van der Waals surface area contributed by atoms with E-state index in [1.165, 1.54) is 0 Å². The van der Waals surface area contributed by atoms with Crippen LogP contribution in [0.1, 0.15) is 19.3 Å². The lowest BCUT2D eigenvalue weighted by molar-refractivity contribution is -0.233. The smallest absolute Gasteiger partial charge is 0.422 e. The van der Waals surface area contributed by atoms with Crippen molar-refractivity contribution >= 4 is 22.1 Å². The molecule has 0 amide bonds. The van der Waals surface area contributed by atoms with Gasteiger partial charge in [-0.15, -0.1) is 0 Å². The molecule has 3 aliphatic rings. The van der Waals surface area contributed by atoms with Crippen molar-refractivity contribution in [2.24, 2.45) is 17.8 Å². The lowest BCUT2D eigenvalue weighted by Gasteiger charge is -2.30. The molecule has 0 spiro atoms. The molecule has 3 rings (SSSR count). The summed E-state index contributed by atoms with van der Waals surface area (Å²) in [7, 11) is -5.94. The lowest BCUT2D eigenvalue weighted by Crippen LogP contribution is -2.47. The van der Waals surface area contributed by atoms with E-state index in [4.69, 9.17) is 9.29 Å². The van der Waals surface area contributed by atoms with Crippen LogP contribution < -0.4 is 0 Å². The third kappa shape index (κ3) is 1.60. The first-order valence-corrected chi connectivity index (χ1v) is 7.32. The summed E-state index contributed by atoms with van der Waals surface area (Å²) in [6, 6.07) is 0. The predicted molar refractivity (Wildman–Crippen MR) is 55.7 cm³/mol. The zero-order valence-corrected chi connectivity index (χ0v) is 10.7. The van der Waals surface area contributed by atoms with Gasteiger partial charge in [0.15, 0.2) is 0 Å². The van der Waals surface area contributed by atoms with Crippen LogP contribution in [-0.2, 0) is 29.2 Å². The van der Waals surface area contributed by atoms with Gasteiger partial charge in [-0.1, -0.05) is 0 Å². The van der Waals surface area contributed by atoms with Gasteiger partial charge in [0.2, 0.25) is 0 Å². The fourth-order valence-corrected chi connectivity index (χ4v) is 3.69. The number of hydrogen-bond donors (Lipinski definition) is 1. The zero-order chi connectivity index (χ0) is 14.9. The summed E-state index contributed by atoms with van der Waals surface area (Å²) < 4.78 is 65.1. The Morgan fingerprint density at radius 3 is 2.65 bits per heavy atom. The van der Waals surface area contributed by atoms with E-state index in [2.05, 4.69) is 4.74 Å². The largest absolute Gasteiger partial charge is 0.465 e. The Hall–Kier alpha value is -1.29. The number of carbonyl (C=O) groups is 2. The van der Waals surface area contributed by atoms with Crippen molar-refractivity contribution in [3.63, 3.8) is 0 Å². The molecule has 1 aliphatic heterocycles. The SMILES string of the molecule is O=C1OC2(OC(=O)C(F)(F)S(=O)(=O)O)CC3CC1C2C3. The Labute approximate surface area is 112 Å². The minimum atomic E-state index is -5.94. The number of rotatable bonds is 3. The number of carbonyl (C=O) groups excluding carboxylic acids is 2. The van der Waals surface area contributed by atoms with Gasteiger partial charge in [0.05, 0.1) is 11.8 Å². The number of halogens is 2. The maximum Gasteiger partial charge on any atom is 0.465 e. The van der Waals surface area contributed by atoms with Crippen molar-refractivity contribution in [2.45, 2.75) is 30.3 Å². The van der Waals surface area contributed by atoms with E-state index < -0.39 is 44.9 Å². The van der Waals surface area contributed by atoms with Crippen LogP contribution in [0.25, 0.3) is 0 Å². The maximum atomic E-state index is 13.2. The molecular weight excluding hydrogens is 302 g/mol. The molecule has 1 heterocycles. The molecule has 0 radical (unpaired) electrons. The van der Waals surface area contributed by atoms with Gasteiger partial charge >= 0.3 is 27.3 Å². The Kier molecular flexibility index (Phi) is 2.51. The molecule has 3 fully saturated rings. The van der Waals surface area contributed by atoms with E-state index in [-0.39, 0.29) is 12.3 Å². The summed E-state index contributed by atoms with van der Waals surface area (Å²) in [6.07, 6.45) is 1.13. The topological polar surface area (TPSA) is 107 Å². The highest BCUT2D eigenvalue weighted by Gasteiger charge is 2.70. The van der Waals surface area contributed by atoms with Crippen molar-refractivity contribution in [3.05, 3.63) is 0 Å². The van der Waals surface area contributed by atoms with Crippen molar-refractivity contribution < 1.29 is 40.8 Å². The Bertz CT molecular complexity index is 601. The van der Waals surface area contributed by atoms with Crippen LogP contribution in [0.4, 0.5) is 8.78 Å². The second-order valence-corrected chi connectivity index (χ2v) is 6.83. The van der Waals surface area contributed by atoms with Crippen LogP contribution in [-0.4, -0.2) is 36.0 Å². The molecule has 7 nitrogen and oxygen atoms in total. The molecule has 2 bridgehead atoms. The lowest BCUT2D eigenvalue weighted by atomic mass is 9.87. The first kappa shape index (κ1) is 13.7. The summed E-state index contributed by atoms with van der Waals surface area (Å²) in [5.74, 6) is -5.87. The van der Waals surface area contributed by atoms with Gasteiger partial charge in [-0.05, 0) is 18.8 Å². The van der Waals surface area contributed by atoms with Gasteiger partial charge in [0.25, 0.3) is 5.79 Å². The molecule has 0 aromatic heterocycles. The molecule has 10 heteroatoms. The Morgan fingerprint density at radius 1 is 1.45 bits per heavy atom. The normalized spacial score (nSPS) is 39.0. The molecule has 0 aromatic carbocycles. The van der Waals surface area contributed by atoms with Crippen LogP contribution in [0.15, 0.2) is 0 Å². The predicted octanol–water partition coefficient (Wildman–Crippen LogP) is 0.309. The number of fused-ring (bicyclic) bond motifs is 1. The summed E-state index contributed by atoms with van der Waals surface area (Å²) in [5.41, 5.74) is 0. The molecule has 2 saturated carbocycles. The molecule has 112 valence electrons. The summed E-state index contributed by atoms with van der Waals surface area (Å²) >= 11 is 0. The second-order valence-electron chi connectivity index (χ2n) is 5.37. The molecular formula is C10H10F2O7S. The van der Waals surface area contributed by atoms with E-state index in [1.807, 2.05) is 0 Å². The number of alkyl halides is 2. The average Bonchev–Trinajstić information content (AvgIpc) is 2.86. The van der Waals surface area contributed by atoms with Gasteiger partial charge in [0.1, 0.15) is 0 Å². The number of hydrogen-bond acceptors (Lipinski definition) is 6. The fraction of sp³-hybridized carbons (Fsp3) is 0.800. The van der Waals surface area contributed by atoms with Gasteiger partial charge in [-0.25, -0.2) is 4.79 Å². The third-order valence-corrected chi connectivity index (χ3v) is 5.02. The summed E-state index contributed by atoms with van der Waals surface area (Å²) in [5, 5.41) is -5.09. The van der Waals surface area contributed by atoms with Gasteiger partial charge in [-0.2, -0.15) is 17.2 Å². The average molecular weight is 312 g/mol. The van der Waals surface area contributed by atoms with E-state index >= 15 is 0 Å². The van der Waals surface area contributed by atoms with Gasteiger partial charge in [-0.3, -0.25) is 9.35 Å². The Balaban J connectivity index is 1.86. The van der Waals surface area contributed by atoms with Crippen molar-refractivity contribution in [1.29, 1.82) is 0 Å². The first-order valence-electron chi connectivity index (χ1n) is 5.88. The van der Waals surface area contributed by atoms with Crippen LogP contribution >= 0.6 is 0 Å². The molecule has 1 saturated heterocycles. The van der Waals surface area contributed by atoms with E-state index in [9.17, 15) is 26.8 Å². The van der Waals surface area contributed by atoms with E-state index in [0.29, 0.717) is 12.8 Å². The monoisotopic (exact) mass is 312 g/mol. The standard InChI is InChI=1S/C10H10F2O7S/c11-10(12,20(15,16)17)8(14)19-9-3-4-1-5(6(9)2-4)7(13)18-9/h4-6H,1-3H2,(H,15,16,17). The van der Waals surface area contributed by atoms with E-state index in [1.54, 1.807) is 0 Å². The van der Waals surface area contributed by atoms with Crippen LogP contribution in [0, 0.1) is 17.8 Å². The zero-order valence-electron chi connectivity index (χ0n) is 9.91. The van der Waals surface area contributed by atoms with Crippen LogP contribution in [0.5, 0.6) is 0 Å².